The molecule has 1 amide bonds. The molecule has 0 saturated heterocycles. The minimum Gasteiger partial charge on any atom is -0.497 e. The van der Waals surface area contributed by atoms with E-state index in [1.807, 2.05) is 0 Å². The summed E-state index contributed by atoms with van der Waals surface area (Å²) in [4.78, 5) is 23.9. The minimum absolute atomic E-state index is 0.391. The highest BCUT2D eigenvalue weighted by molar-refractivity contribution is 14.1. The number of halogens is 1. The van der Waals surface area contributed by atoms with Crippen LogP contribution in [0.25, 0.3) is 0 Å². The van der Waals surface area contributed by atoms with Crippen LogP contribution in [0.5, 0.6) is 11.5 Å². The predicted molar refractivity (Wildman–Crippen MR) is 97.6 cm³/mol. The van der Waals surface area contributed by atoms with E-state index in [0.29, 0.717) is 22.7 Å². The molecule has 6 nitrogen and oxygen atoms in total. The molecule has 0 radical (unpaired) electrons. The number of methoxy groups -OCH3 is 2. The van der Waals surface area contributed by atoms with Gasteiger partial charge in [0.25, 0.3) is 5.91 Å². The van der Waals surface area contributed by atoms with Crippen molar-refractivity contribution in [3.05, 3.63) is 51.6 Å². The van der Waals surface area contributed by atoms with Crippen LogP contribution in [0.1, 0.15) is 10.4 Å². The average Bonchev–Trinajstić information content (AvgIpc) is 2.60. The van der Waals surface area contributed by atoms with Crippen molar-refractivity contribution in [2.24, 2.45) is 0 Å². The maximum Gasteiger partial charge on any atom is 0.338 e. The number of benzene rings is 2. The van der Waals surface area contributed by atoms with Gasteiger partial charge < -0.3 is 19.5 Å². The minimum atomic E-state index is -0.556. The summed E-state index contributed by atoms with van der Waals surface area (Å²) in [5.41, 5.74) is 0.828. The number of rotatable bonds is 6. The van der Waals surface area contributed by atoms with Crippen molar-refractivity contribution >= 4 is 40.2 Å². The third-order valence-corrected chi connectivity index (χ3v) is 3.81. The number of amides is 1. The first-order valence-electron chi connectivity index (χ1n) is 6.98. The summed E-state index contributed by atoms with van der Waals surface area (Å²) in [6.45, 7) is -0.398. The molecule has 0 aromatic heterocycles. The zero-order valence-corrected chi connectivity index (χ0v) is 15.3. The standard InChI is InChI=1S/C17H16INO5/c1-22-13-7-8-15(23-2)14(9-13)19-16(20)10-24-17(21)11-3-5-12(18)6-4-11/h3-9H,10H2,1-2H3,(H,19,20). The summed E-state index contributed by atoms with van der Waals surface area (Å²) in [6, 6.07) is 11.9. The number of carbonyl (C=O) groups is 2. The van der Waals surface area contributed by atoms with Crippen molar-refractivity contribution in [1.29, 1.82) is 0 Å². The first-order chi connectivity index (χ1) is 11.5. The number of hydrogen-bond donors (Lipinski definition) is 1. The molecular formula is C17H16INO5. The van der Waals surface area contributed by atoms with E-state index < -0.39 is 18.5 Å². The number of nitrogens with one attached hydrogen (secondary N) is 1. The quantitative estimate of drug-likeness (QED) is 0.551. The van der Waals surface area contributed by atoms with E-state index in [9.17, 15) is 9.59 Å². The average molecular weight is 441 g/mol. The van der Waals surface area contributed by atoms with Crippen LogP contribution in [0.15, 0.2) is 42.5 Å². The van der Waals surface area contributed by atoms with E-state index in [-0.39, 0.29) is 0 Å². The molecule has 1 N–H and O–H groups in total. The smallest absolute Gasteiger partial charge is 0.338 e. The maximum atomic E-state index is 12.0. The van der Waals surface area contributed by atoms with Crippen LogP contribution in [0.3, 0.4) is 0 Å². The largest absolute Gasteiger partial charge is 0.497 e. The molecule has 0 saturated carbocycles. The fourth-order valence-electron chi connectivity index (χ4n) is 1.90. The van der Waals surface area contributed by atoms with Crippen LogP contribution >= 0.6 is 22.6 Å². The molecule has 7 heteroatoms. The monoisotopic (exact) mass is 441 g/mol. The zero-order valence-electron chi connectivity index (χ0n) is 13.2. The molecule has 0 aliphatic carbocycles. The van der Waals surface area contributed by atoms with Gasteiger partial charge in [0.2, 0.25) is 0 Å². The predicted octanol–water partition coefficient (Wildman–Crippen LogP) is 3.10. The Balaban J connectivity index is 1.96. The van der Waals surface area contributed by atoms with Crippen molar-refractivity contribution < 1.29 is 23.8 Å². The Morgan fingerprint density at radius 3 is 2.38 bits per heavy atom. The second-order valence-corrected chi connectivity index (χ2v) is 5.94. The molecule has 0 aliphatic heterocycles. The van der Waals surface area contributed by atoms with Gasteiger partial charge in [-0.05, 0) is 59.0 Å². The molecule has 0 fully saturated rings. The molecule has 2 rings (SSSR count). The van der Waals surface area contributed by atoms with Crippen LogP contribution in [0, 0.1) is 3.57 Å². The third-order valence-electron chi connectivity index (χ3n) is 3.10. The lowest BCUT2D eigenvalue weighted by atomic mass is 10.2. The lowest BCUT2D eigenvalue weighted by molar-refractivity contribution is -0.119. The summed E-state index contributed by atoms with van der Waals surface area (Å²) in [6.07, 6.45) is 0. The third kappa shape index (κ3) is 4.85. The number of hydrogen-bond acceptors (Lipinski definition) is 5. The molecule has 2 aromatic rings. The van der Waals surface area contributed by atoms with Gasteiger partial charge in [-0.2, -0.15) is 0 Å². The molecule has 2 aromatic carbocycles. The van der Waals surface area contributed by atoms with E-state index in [2.05, 4.69) is 27.9 Å². The van der Waals surface area contributed by atoms with Crippen molar-refractivity contribution in [3.63, 3.8) is 0 Å². The first-order valence-corrected chi connectivity index (χ1v) is 8.06. The highest BCUT2D eigenvalue weighted by Gasteiger charge is 2.13. The lowest BCUT2D eigenvalue weighted by Gasteiger charge is -2.12. The van der Waals surface area contributed by atoms with Crippen molar-refractivity contribution in [2.75, 3.05) is 26.1 Å². The van der Waals surface area contributed by atoms with Gasteiger partial charge in [0.1, 0.15) is 11.5 Å². The van der Waals surface area contributed by atoms with Gasteiger partial charge in [-0.15, -0.1) is 0 Å². The lowest BCUT2D eigenvalue weighted by Crippen LogP contribution is -2.21. The molecule has 0 spiro atoms. The summed E-state index contributed by atoms with van der Waals surface area (Å²) in [5.74, 6) is 0.0228. The fraction of sp³-hybridized carbons (Fsp3) is 0.176. The number of ether oxygens (including phenoxy) is 3. The summed E-state index contributed by atoms with van der Waals surface area (Å²) < 4.78 is 16.3. The van der Waals surface area contributed by atoms with Gasteiger partial charge in [-0.1, -0.05) is 0 Å². The Morgan fingerprint density at radius 1 is 1.04 bits per heavy atom. The summed E-state index contributed by atoms with van der Waals surface area (Å²) >= 11 is 2.14. The molecule has 0 unspecified atom stereocenters. The Hall–Kier alpha value is -2.29. The van der Waals surface area contributed by atoms with E-state index in [0.717, 1.165) is 3.57 Å². The molecule has 126 valence electrons. The van der Waals surface area contributed by atoms with Gasteiger partial charge in [0, 0.05) is 9.64 Å². The van der Waals surface area contributed by atoms with Crippen LogP contribution in [-0.4, -0.2) is 32.7 Å². The first kappa shape index (κ1) is 18.1. The number of anilines is 1. The Bertz CT molecular complexity index is 730. The van der Waals surface area contributed by atoms with Gasteiger partial charge in [-0.3, -0.25) is 4.79 Å². The van der Waals surface area contributed by atoms with Gasteiger partial charge in [0.05, 0.1) is 25.5 Å². The van der Waals surface area contributed by atoms with Crippen LogP contribution < -0.4 is 14.8 Å². The number of esters is 1. The van der Waals surface area contributed by atoms with Gasteiger partial charge in [0.15, 0.2) is 6.61 Å². The second kappa shape index (κ2) is 8.53. The topological polar surface area (TPSA) is 73.9 Å². The molecular weight excluding hydrogens is 425 g/mol. The van der Waals surface area contributed by atoms with E-state index in [1.54, 1.807) is 42.5 Å². The SMILES string of the molecule is COc1ccc(OC)c(NC(=O)COC(=O)c2ccc(I)cc2)c1. The van der Waals surface area contributed by atoms with Crippen molar-refractivity contribution in [1.82, 2.24) is 0 Å². The van der Waals surface area contributed by atoms with Crippen LogP contribution in [0.2, 0.25) is 0 Å². The van der Waals surface area contributed by atoms with Gasteiger partial charge in [-0.25, -0.2) is 4.79 Å². The maximum absolute atomic E-state index is 12.0. The van der Waals surface area contributed by atoms with Crippen LogP contribution in [0.4, 0.5) is 5.69 Å². The number of carbonyl (C=O) groups excluding carboxylic acids is 2. The van der Waals surface area contributed by atoms with Crippen LogP contribution in [-0.2, 0) is 9.53 Å². The molecule has 0 aliphatic rings. The highest BCUT2D eigenvalue weighted by Crippen LogP contribution is 2.28. The Morgan fingerprint density at radius 2 is 1.75 bits per heavy atom. The molecule has 24 heavy (non-hydrogen) atoms. The van der Waals surface area contributed by atoms with Crippen molar-refractivity contribution in [3.8, 4) is 11.5 Å². The molecule has 0 heterocycles. The van der Waals surface area contributed by atoms with Crippen molar-refractivity contribution in [2.45, 2.75) is 0 Å². The van der Waals surface area contributed by atoms with Gasteiger partial charge >= 0.3 is 5.97 Å². The normalized spacial score (nSPS) is 9.96. The van der Waals surface area contributed by atoms with E-state index in [1.165, 1.54) is 14.2 Å². The van der Waals surface area contributed by atoms with E-state index >= 15 is 0 Å². The molecule has 0 atom stereocenters. The summed E-state index contributed by atoms with van der Waals surface area (Å²) in [7, 11) is 3.02. The van der Waals surface area contributed by atoms with E-state index in [4.69, 9.17) is 14.2 Å². The Kier molecular flexibility index (Phi) is 6.42. The highest BCUT2D eigenvalue weighted by atomic mass is 127. The second-order valence-electron chi connectivity index (χ2n) is 4.70. The Labute approximate surface area is 153 Å². The summed E-state index contributed by atoms with van der Waals surface area (Å²) in [5, 5.41) is 2.63. The fourth-order valence-corrected chi connectivity index (χ4v) is 2.26. The molecule has 0 bridgehead atoms. The zero-order chi connectivity index (χ0) is 17.5.